The van der Waals surface area contributed by atoms with Gasteiger partial charge in [0.1, 0.15) is 11.3 Å². The molecule has 0 fully saturated rings. The highest BCUT2D eigenvalue weighted by molar-refractivity contribution is 6.80. The Labute approximate surface area is 162 Å². The van der Waals surface area contributed by atoms with Crippen LogP contribution < -0.4 is 15.6 Å². The van der Waals surface area contributed by atoms with Gasteiger partial charge in [0.25, 0.3) is 0 Å². The number of aryl methyl sites for hydroxylation is 2. The third-order valence-electron chi connectivity index (χ3n) is 4.55. The molecule has 0 bridgehead atoms. The van der Waals surface area contributed by atoms with Crippen LogP contribution in [0.2, 0.25) is 0 Å². The molecule has 0 atom stereocenters. The molecule has 0 unspecified atom stereocenters. The summed E-state index contributed by atoms with van der Waals surface area (Å²) in [6, 6.07) is 29.1. The van der Waals surface area contributed by atoms with E-state index in [1.165, 1.54) is 5.56 Å². The standard InChI is InChI=1S/C23H20BNO.CH4/c1-17-11-15-21(16-12-17)24(20-8-4-3-5-9-20)26-22-10-6-7-19-14-13-18(2)25-23(19)22;/h3-16H,1-2H3;1H4. The minimum atomic E-state index is -0.176. The molecule has 0 radical (unpaired) electrons. The van der Waals surface area contributed by atoms with Gasteiger partial charge in [-0.3, -0.25) is 0 Å². The summed E-state index contributed by atoms with van der Waals surface area (Å²) in [7, 11) is 0. The summed E-state index contributed by atoms with van der Waals surface area (Å²) < 4.78 is 6.53. The Morgan fingerprint density at radius 1 is 0.704 bits per heavy atom. The zero-order valence-electron chi connectivity index (χ0n) is 15.0. The molecule has 3 aromatic carbocycles. The lowest BCUT2D eigenvalue weighted by Gasteiger charge is -2.18. The first-order valence-corrected chi connectivity index (χ1v) is 8.85. The van der Waals surface area contributed by atoms with Crippen molar-refractivity contribution < 1.29 is 4.65 Å². The van der Waals surface area contributed by atoms with Gasteiger partial charge in [-0.2, -0.15) is 0 Å². The van der Waals surface area contributed by atoms with E-state index in [1.54, 1.807) is 0 Å². The zero-order valence-corrected chi connectivity index (χ0v) is 15.0. The number of rotatable bonds is 4. The van der Waals surface area contributed by atoms with E-state index in [0.29, 0.717) is 0 Å². The number of aromatic nitrogens is 1. The highest BCUT2D eigenvalue weighted by Gasteiger charge is 2.24. The Morgan fingerprint density at radius 3 is 2.15 bits per heavy atom. The van der Waals surface area contributed by atoms with Crippen LogP contribution in [0.4, 0.5) is 0 Å². The Morgan fingerprint density at radius 2 is 1.41 bits per heavy atom. The molecule has 2 nitrogen and oxygen atoms in total. The smallest absolute Gasteiger partial charge is 0.426 e. The second-order valence-electron chi connectivity index (χ2n) is 6.60. The van der Waals surface area contributed by atoms with Crippen molar-refractivity contribution in [1.29, 1.82) is 0 Å². The van der Waals surface area contributed by atoms with Crippen LogP contribution in [0.3, 0.4) is 0 Å². The van der Waals surface area contributed by atoms with E-state index in [4.69, 9.17) is 9.64 Å². The third-order valence-corrected chi connectivity index (χ3v) is 4.55. The Hall–Kier alpha value is -3.07. The number of benzene rings is 3. The topological polar surface area (TPSA) is 22.1 Å². The van der Waals surface area contributed by atoms with Gasteiger partial charge in [0.2, 0.25) is 0 Å². The molecule has 3 heteroatoms. The molecule has 134 valence electrons. The number of fused-ring (bicyclic) bond motifs is 1. The van der Waals surface area contributed by atoms with Crippen molar-refractivity contribution in [3.63, 3.8) is 0 Å². The summed E-state index contributed by atoms with van der Waals surface area (Å²) in [5.41, 5.74) is 5.39. The lowest BCUT2D eigenvalue weighted by molar-refractivity contribution is 0.597. The first-order valence-electron chi connectivity index (χ1n) is 8.85. The fourth-order valence-corrected chi connectivity index (χ4v) is 3.14. The van der Waals surface area contributed by atoms with Crippen molar-refractivity contribution in [3.8, 4) is 5.75 Å². The number of hydrogen-bond donors (Lipinski definition) is 0. The van der Waals surface area contributed by atoms with Crippen molar-refractivity contribution in [2.45, 2.75) is 21.3 Å². The predicted molar refractivity (Wildman–Crippen MR) is 116 cm³/mol. The predicted octanol–water partition coefficient (Wildman–Crippen LogP) is 4.67. The molecule has 0 saturated heterocycles. The van der Waals surface area contributed by atoms with Crippen molar-refractivity contribution >= 4 is 28.7 Å². The van der Waals surface area contributed by atoms with Gasteiger partial charge in [-0.15, -0.1) is 0 Å². The molecule has 27 heavy (non-hydrogen) atoms. The number of hydrogen-bond acceptors (Lipinski definition) is 2. The summed E-state index contributed by atoms with van der Waals surface area (Å²) >= 11 is 0. The molecule has 1 aromatic heterocycles. The van der Waals surface area contributed by atoms with Gasteiger partial charge in [0.15, 0.2) is 0 Å². The fourth-order valence-electron chi connectivity index (χ4n) is 3.14. The van der Waals surface area contributed by atoms with Crippen molar-refractivity contribution in [1.82, 2.24) is 4.98 Å². The van der Waals surface area contributed by atoms with Crippen molar-refractivity contribution in [2.24, 2.45) is 0 Å². The van der Waals surface area contributed by atoms with Crippen LogP contribution in [0.5, 0.6) is 5.75 Å². The molecule has 0 amide bonds. The monoisotopic (exact) mass is 353 g/mol. The Kier molecular flexibility index (Phi) is 5.61. The first-order chi connectivity index (χ1) is 12.7. The molecule has 0 spiro atoms. The summed E-state index contributed by atoms with van der Waals surface area (Å²) in [5.74, 6) is 0.806. The van der Waals surface area contributed by atoms with E-state index in [9.17, 15) is 0 Å². The fraction of sp³-hybridized carbons (Fsp3) is 0.125. The van der Waals surface area contributed by atoms with Gasteiger partial charge in [-0.05, 0) is 36.9 Å². The maximum absolute atomic E-state index is 6.53. The Bertz CT molecular complexity index is 1030. The summed E-state index contributed by atoms with van der Waals surface area (Å²) in [4.78, 5) is 4.71. The van der Waals surface area contributed by atoms with Crippen molar-refractivity contribution in [2.75, 3.05) is 0 Å². The number of pyridine rings is 1. The lowest BCUT2D eigenvalue weighted by atomic mass is 9.55. The highest BCUT2D eigenvalue weighted by Crippen LogP contribution is 2.24. The van der Waals surface area contributed by atoms with E-state index in [0.717, 1.165) is 33.3 Å². The molecular formula is C24H24BNO. The van der Waals surface area contributed by atoms with Crippen LogP contribution in [-0.4, -0.2) is 11.9 Å². The number of para-hydroxylation sites is 1. The van der Waals surface area contributed by atoms with E-state index in [-0.39, 0.29) is 14.3 Å². The summed E-state index contributed by atoms with van der Waals surface area (Å²) in [6.07, 6.45) is 0. The van der Waals surface area contributed by atoms with Gasteiger partial charge >= 0.3 is 6.92 Å². The largest absolute Gasteiger partial charge is 0.550 e. The third kappa shape index (κ3) is 4.03. The molecule has 0 saturated carbocycles. The normalized spacial score (nSPS) is 10.3. The summed E-state index contributed by atoms with van der Waals surface area (Å²) in [6.45, 7) is 3.93. The minimum Gasteiger partial charge on any atom is -0.550 e. The molecule has 0 aliphatic heterocycles. The maximum atomic E-state index is 6.53. The molecule has 0 aliphatic rings. The zero-order chi connectivity index (χ0) is 17.9. The molecule has 4 aromatic rings. The van der Waals surface area contributed by atoms with E-state index < -0.39 is 0 Å². The maximum Gasteiger partial charge on any atom is 0.426 e. The second kappa shape index (κ2) is 8.09. The van der Waals surface area contributed by atoms with Crippen LogP contribution in [0.1, 0.15) is 18.7 Å². The van der Waals surface area contributed by atoms with Crippen LogP contribution in [0.15, 0.2) is 84.9 Å². The van der Waals surface area contributed by atoms with Crippen LogP contribution >= 0.6 is 0 Å². The number of nitrogens with zero attached hydrogens (tertiary/aromatic N) is 1. The molecular weight excluding hydrogens is 329 g/mol. The SMILES string of the molecule is C.Cc1ccc(B(Oc2cccc3ccc(C)nc23)c2ccccc2)cc1. The van der Waals surface area contributed by atoms with Gasteiger partial charge in [0.05, 0.1) is 0 Å². The van der Waals surface area contributed by atoms with Crippen LogP contribution in [0, 0.1) is 13.8 Å². The quantitative estimate of drug-likeness (QED) is 0.497. The lowest BCUT2D eigenvalue weighted by Crippen LogP contribution is -2.47. The van der Waals surface area contributed by atoms with Gasteiger partial charge < -0.3 is 4.65 Å². The minimum absolute atomic E-state index is 0. The van der Waals surface area contributed by atoms with E-state index in [1.807, 2.05) is 43.3 Å². The second-order valence-corrected chi connectivity index (χ2v) is 6.60. The van der Waals surface area contributed by atoms with Crippen molar-refractivity contribution in [3.05, 3.63) is 96.2 Å². The molecule has 0 aliphatic carbocycles. The molecule has 0 N–H and O–H groups in total. The van der Waals surface area contributed by atoms with Gasteiger partial charge in [-0.25, -0.2) is 4.98 Å². The Balaban J connectivity index is 0.00000210. The summed E-state index contributed by atoms with van der Waals surface area (Å²) in [5, 5.41) is 1.09. The molecule has 1 heterocycles. The van der Waals surface area contributed by atoms with E-state index >= 15 is 0 Å². The average molecular weight is 353 g/mol. The van der Waals surface area contributed by atoms with Crippen LogP contribution in [-0.2, 0) is 0 Å². The van der Waals surface area contributed by atoms with Gasteiger partial charge in [-0.1, -0.05) is 85.8 Å². The molecule has 4 rings (SSSR count). The van der Waals surface area contributed by atoms with Crippen LogP contribution in [0.25, 0.3) is 10.9 Å². The highest BCUT2D eigenvalue weighted by atomic mass is 16.4. The van der Waals surface area contributed by atoms with E-state index in [2.05, 4.69) is 55.5 Å². The average Bonchev–Trinajstić information content (AvgIpc) is 2.68. The first kappa shape index (κ1) is 18.7. The van der Waals surface area contributed by atoms with Gasteiger partial charge in [0, 0.05) is 11.1 Å².